The van der Waals surface area contributed by atoms with Gasteiger partial charge in [0.05, 0.1) is 22.2 Å². The predicted molar refractivity (Wildman–Crippen MR) is 115 cm³/mol. The smallest absolute Gasteiger partial charge is 0.338 e. The first-order chi connectivity index (χ1) is 14.3. The Balaban J connectivity index is 2.07. The molecule has 0 aliphatic heterocycles. The lowest BCUT2D eigenvalue weighted by atomic mass is 10.1. The quantitative estimate of drug-likeness (QED) is 0.230. The van der Waals surface area contributed by atoms with Crippen molar-refractivity contribution in [2.45, 2.75) is 31.0 Å². The van der Waals surface area contributed by atoms with Crippen molar-refractivity contribution in [3.63, 3.8) is 0 Å². The number of nitrogens with zero attached hydrogens (tertiary/aromatic N) is 1. The van der Waals surface area contributed by atoms with Crippen LogP contribution in [0.15, 0.2) is 53.7 Å². The van der Waals surface area contributed by atoms with Crippen molar-refractivity contribution in [2.24, 2.45) is 5.16 Å². The van der Waals surface area contributed by atoms with Crippen molar-refractivity contribution in [2.75, 3.05) is 13.7 Å². The minimum atomic E-state index is -1.79. The largest absolute Gasteiger partial charge is 0.461 e. The summed E-state index contributed by atoms with van der Waals surface area (Å²) in [5, 5.41) is 3.40. The molecule has 0 radical (unpaired) electrons. The molecular formula is C22H23BrFNO5. The highest BCUT2D eigenvalue weighted by Gasteiger charge is 2.32. The van der Waals surface area contributed by atoms with Gasteiger partial charge in [-0.2, -0.15) is 0 Å². The van der Waals surface area contributed by atoms with Crippen LogP contribution < -0.4 is 0 Å². The highest BCUT2D eigenvalue weighted by molar-refractivity contribution is 9.09. The molecule has 0 saturated carbocycles. The standard InChI is InChI=1S/C22H23BrFNO5/c1-14-4-8-16(9-5-14)21(26)29-13-18(23)20(19(24)12-25-28-3)30-22(27)17-10-6-15(2)7-11-17/h4-12,18-20H,13H2,1-3H3/t18-,19+,20+/m0/s1. The van der Waals surface area contributed by atoms with Gasteiger partial charge in [0.1, 0.15) is 13.7 Å². The number of alkyl halides is 2. The molecule has 8 heteroatoms. The molecule has 2 aromatic rings. The van der Waals surface area contributed by atoms with Gasteiger partial charge in [0, 0.05) is 0 Å². The molecule has 0 aliphatic carbocycles. The van der Waals surface area contributed by atoms with Gasteiger partial charge in [-0.25, -0.2) is 14.0 Å². The summed E-state index contributed by atoms with van der Waals surface area (Å²) in [7, 11) is 1.27. The van der Waals surface area contributed by atoms with Gasteiger partial charge in [0.25, 0.3) is 0 Å². The van der Waals surface area contributed by atoms with Gasteiger partial charge in [0.15, 0.2) is 12.3 Å². The summed E-state index contributed by atoms with van der Waals surface area (Å²) >= 11 is 3.27. The summed E-state index contributed by atoms with van der Waals surface area (Å²) in [6.07, 6.45) is -2.21. The monoisotopic (exact) mass is 479 g/mol. The summed E-state index contributed by atoms with van der Waals surface area (Å²) in [4.78, 5) is 28.3. The molecule has 160 valence electrons. The Labute approximate surface area is 183 Å². The molecule has 0 aliphatic rings. The van der Waals surface area contributed by atoms with Gasteiger partial charge in [-0.15, -0.1) is 0 Å². The number of esters is 2. The minimum Gasteiger partial charge on any atom is -0.461 e. The first-order valence-corrected chi connectivity index (χ1v) is 10.1. The summed E-state index contributed by atoms with van der Waals surface area (Å²) in [5.74, 6) is -1.27. The Morgan fingerprint density at radius 3 is 2.00 bits per heavy atom. The fourth-order valence-corrected chi connectivity index (χ4v) is 2.98. The molecule has 0 N–H and O–H groups in total. The van der Waals surface area contributed by atoms with Gasteiger partial charge >= 0.3 is 11.9 Å². The second-order valence-corrected chi connectivity index (χ2v) is 7.77. The molecule has 30 heavy (non-hydrogen) atoms. The third kappa shape index (κ3) is 6.95. The zero-order chi connectivity index (χ0) is 22.1. The zero-order valence-corrected chi connectivity index (χ0v) is 18.5. The summed E-state index contributed by atoms with van der Waals surface area (Å²) in [6.45, 7) is 3.56. The molecule has 3 atom stereocenters. The van der Waals surface area contributed by atoms with E-state index < -0.39 is 29.0 Å². The van der Waals surface area contributed by atoms with Crippen molar-refractivity contribution < 1.29 is 28.3 Å². The van der Waals surface area contributed by atoms with Gasteiger partial charge in [0.2, 0.25) is 0 Å². The Kier molecular flexibility index (Phi) is 8.98. The van der Waals surface area contributed by atoms with Crippen LogP contribution in [0.2, 0.25) is 0 Å². The number of ether oxygens (including phenoxy) is 2. The van der Waals surface area contributed by atoms with E-state index in [1.54, 1.807) is 48.5 Å². The molecule has 6 nitrogen and oxygen atoms in total. The van der Waals surface area contributed by atoms with Crippen molar-refractivity contribution in [1.82, 2.24) is 0 Å². The summed E-state index contributed by atoms with van der Waals surface area (Å²) < 4.78 is 25.3. The predicted octanol–water partition coefficient (Wildman–Crippen LogP) is 4.42. The van der Waals surface area contributed by atoms with E-state index in [0.29, 0.717) is 5.56 Å². The number of oxime groups is 1. The molecule has 0 bridgehead atoms. The number of carbonyl (C=O) groups excluding carboxylic acids is 2. The van der Waals surface area contributed by atoms with Crippen molar-refractivity contribution in [3.05, 3.63) is 70.8 Å². The van der Waals surface area contributed by atoms with Crippen LogP contribution in [0.25, 0.3) is 0 Å². The Morgan fingerprint density at radius 2 is 1.50 bits per heavy atom. The van der Waals surface area contributed by atoms with Crippen molar-refractivity contribution in [3.8, 4) is 0 Å². The topological polar surface area (TPSA) is 74.2 Å². The highest BCUT2D eigenvalue weighted by Crippen LogP contribution is 2.19. The van der Waals surface area contributed by atoms with E-state index in [4.69, 9.17) is 9.47 Å². The maximum absolute atomic E-state index is 14.7. The average Bonchev–Trinajstić information content (AvgIpc) is 2.74. The van der Waals surface area contributed by atoms with Crippen molar-refractivity contribution in [1.29, 1.82) is 0 Å². The van der Waals surface area contributed by atoms with Crippen LogP contribution in [0, 0.1) is 13.8 Å². The Morgan fingerprint density at radius 1 is 1.00 bits per heavy atom. The molecule has 2 aromatic carbocycles. The first kappa shape index (κ1) is 23.5. The maximum atomic E-state index is 14.7. The van der Waals surface area contributed by atoms with E-state index in [2.05, 4.69) is 25.9 Å². The first-order valence-electron chi connectivity index (χ1n) is 9.18. The molecule has 0 aromatic heterocycles. The fourth-order valence-electron chi connectivity index (χ4n) is 2.45. The maximum Gasteiger partial charge on any atom is 0.338 e. The van der Waals surface area contributed by atoms with Crippen LogP contribution >= 0.6 is 15.9 Å². The normalized spacial score (nSPS) is 14.0. The lowest BCUT2D eigenvalue weighted by Gasteiger charge is -2.24. The van der Waals surface area contributed by atoms with Gasteiger partial charge in [-0.05, 0) is 38.1 Å². The number of hydrogen-bond acceptors (Lipinski definition) is 6. The number of hydrogen-bond donors (Lipinski definition) is 0. The lowest BCUT2D eigenvalue weighted by molar-refractivity contribution is 0.00846. The van der Waals surface area contributed by atoms with E-state index in [0.717, 1.165) is 17.3 Å². The summed E-state index contributed by atoms with van der Waals surface area (Å²) in [6, 6.07) is 13.5. The summed E-state index contributed by atoms with van der Waals surface area (Å²) in [5.41, 5.74) is 2.62. The lowest BCUT2D eigenvalue weighted by Crippen LogP contribution is -2.39. The van der Waals surface area contributed by atoms with E-state index in [1.807, 2.05) is 13.8 Å². The number of halogens is 2. The van der Waals surface area contributed by atoms with Crippen molar-refractivity contribution >= 4 is 34.1 Å². The average molecular weight is 480 g/mol. The highest BCUT2D eigenvalue weighted by atomic mass is 79.9. The third-order valence-electron chi connectivity index (χ3n) is 4.17. The fraction of sp³-hybridized carbons (Fsp3) is 0.318. The second-order valence-electron chi connectivity index (χ2n) is 6.60. The van der Waals surface area contributed by atoms with E-state index in [-0.39, 0.29) is 12.2 Å². The molecular weight excluding hydrogens is 457 g/mol. The zero-order valence-electron chi connectivity index (χ0n) is 16.9. The SMILES string of the molecule is CON=C[C@@H](F)[C@H](OC(=O)c1ccc(C)cc1)[C@@H](Br)COC(=O)c1ccc(C)cc1. The Bertz CT molecular complexity index is 870. The van der Waals surface area contributed by atoms with Gasteiger partial charge in [-0.3, -0.25) is 0 Å². The van der Waals surface area contributed by atoms with Crippen LogP contribution in [0.3, 0.4) is 0 Å². The second kappa shape index (κ2) is 11.4. The number of benzene rings is 2. The molecule has 2 rings (SSSR count). The van der Waals surface area contributed by atoms with E-state index in [9.17, 15) is 14.0 Å². The van der Waals surface area contributed by atoms with E-state index >= 15 is 0 Å². The molecule has 0 heterocycles. The van der Waals surface area contributed by atoms with Crippen LogP contribution in [0.5, 0.6) is 0 Å². The van der Waals surface area contributed by atoms with Crippen LogP contribution in [0.1, 0.15) is 31.8 Å². The molecule has 0 fully saturated rings. The molecule has 0 unspecified atom stereocenters. The molecule has 0 spiro atoms. The van der Waals surface area contributed by atoms with Gasteiger partial charge in [-0.1, -0.05) is 56.5 Å². The number of rotatable bonds is 9. The van der Waals surface area contributed by atoms with Crippen LogP contribution in [-0.2, 0) is 14.3 Å². The van der Waals surface area contributed by atoms with E-state index in [1.165, 1.54) is 7.11 Å². The van der Waals surface area contributed by atoms with Crippen LogP contribution in [0.4, 0.5) is 4.39 Å². The molecule has 0 saturated heterocycles. The Hall–Kier alpha value is -2.74. The number of carbonyl (C=O) groups is 2. The third-order valence-corrected chi connectivity index (χ3v) is 4.96. The number of aryl methyl sites for hydroxylation is 2. The minimum absolute atomic E-state index is 0.222. The van der Waals surface area contributed by atoms with Gasteiger partial charge < -0.3 is 14.3 Å². The molecule has 0 amide bonds. The van der Waals surface area contributed by atoms with Crippen LogP contribution in [-0.4, -0.2) is 49.0 Å².